The maximum Gasteiger partial charge on any atom is 0.350 e. The molecule has 0 bridgehead atoms. The molecule has 0 aliphatic heterocycles. The maximum absolute atomic E-state index is 12.8. The molecule has 3 unspecified atom stereocenters. The van der Waals surface area contributed by atoms with Gasteiger partial charge in [-0.2, -0.15) is 8.78 Å². The molecule has 0 saturated carbocycles. The Morgan fingerprint density at radius 1 is 1.14 bits per heavy atom. The van der Waals surface area contributed by atoms with Crippen LogP contribution in [0.2, 0.25) is 0 Å². The van der Waals surface area contributed by atoms with E-state index in [4.69, 9.17) is 10.2 Å². The van der Waals surface area contributed by atoms with Crippen LogP contribution in [-0.4, -0.2) is 47.4 Å². The molecule has 0 aliphatic carbocycles. The second-order valence-electron chi connectivity index (χ2n) is 5.05. The summed E-state index contributed by atoms with van der Waals surface area (Å²) in [5.74, 6) is -5.26. The van der Waals surface area contributed by atoms with Gasteiger partial charge in [0, 0.05) is 11.6 Å². The van der Waals surface area contributed by atoms with Crippen molar-refractivity contribution >= 4 is 23.6 Å². The second-order valence-corrected chi connectivity index (χ2v) is 5.05. The van der Waals surface area contributed by atoms with Gasteiger partial charge < -0.3 is 24.4 Å². The lowest BCUT2D eigenvalue weighted by Crippen LogP contribution is -2.31. The van der Waals surface area contributed by atoms with Crippen LogP contribution in [0.3, 0.4) is 0 Å². The molecule has 1 rings (SSSR count). The maximum atomic E-state index is 12.8. The molecule has 152 valence electrons. The van der Waals surface area contributed by atoms with Crippen molar-refractivity contribution in [3.8, 4) is 11.5 Å². The van der Waals surface area contributed by atoms with Crippen LogP contribution in [0, 0.1) is 5.92 Å². The summed E-state index contributed by atoms with van der Waals surface area (Å²) in [6.45, 7) is -0.735. The molecule has 0 radical (unpaired) electrons. The van der Waals surface area contributed by atoms with Gasteiger partial charge in [-0.25, -0.2) is 0 Å². The van der Waals surface area contributed by atoms with Crippen LogP contribution in [0.4, 0.5) is 8.78 Å². The highest BCUT2D eigenvalue weighted by molar-refractivity contribution is 6.23. The highest BCUT2D eigenvalue weighted by atomic mass is 19.2. The van der Waals surface area contributed by atoms with Crippen molar-refractivity contribution in [1.82, 2.24) is 0 Å². The summed E-state index contributed by atoms with van der Waals surface area (Å²) in [5, 5.41) is 17.3. The third kappa shape index (κ3) is 6.89. The van der Waals surface area contributed by atoms with E-state index in [9.17, 15) is 23.2 Å². The second kappa shape index (κ2) is 10.9. The Bertz CT molecular complexity index is 758. The van der Waals surface area contributed by atoms with Gasteiger partial charge in [0.25, 0.3) is 0 Å². The highest BCUT2D eigenvalue weighted by Gasteiger charge is 2.31. The van der Waals surface area contributed by atoms with Crippen molar-refractivity contribution in [2.45, 2.75) is 20.0 Å². The van der Waals surface area contributed by atoms with Crippen molar-refractivity contribution < 1.29 is 47.6 Å². The molecule has 0 saturated heterocycles. The summed E-state index contributed by atoms with van der Waals surface area (Å²) in [4.78, 5) is 35.9. The van der Waals surface area contributed by atoms with Gasteiger partial charge >= 0.3 is 19.1 Å². The number of ketones is 2. The Kier molecular flexibility index (Phi) is 8.93. The van der Waals surface area contributed by atoms with Crippen LogP contribution in [0.25, 0.3) is 6.08 Å². The first-order valence-corrected chi connectivity index (χ1v) is 7.86. The zero-order valence-corrected chi connectivity index (χ0v) is 14.7. The minimum Gasteiger partial charge on any atom is -0.465 e. The van der Waals surface area contributed by atoms with Crippen molar-refractivity contribution in [3.05, 3.63) is 42.5 Å². The number of carbonyl (C=O) groups is 3. The van der Waals surface area contributed by atoms with Crippen molar-refractivity contribution in [3.63, 3.8) is 0 Å². The number of aliphatic hydroxyl groups excluding tert-OH is 2. The molecular formula is C18H18F2O8. The first-order valence-electron chi connectivity index (χ1n) is 7.86. The molecule has 0 aliphatic rings. The van der Waals surface area contributed by atoms with Crippen molar-refractivity contribution in [2.75, 3.05) is 6.61 Å². The number of halogens is 2. The number of ether oxygens (including phenoxy) is 3. The minimum absolute atomic E-state index is 0.0133. The molecule has 10 heteroatoms. The number of hydrogen-bond acceptors (Lipinski definition) is 8. The van der Waals surface area contributed by atoms with Gasteiger partial charge in [-0.1, -0.05) is 6.58 Å². The molecular weight excluding hydrogens is 382 g/mol. The monoisotopic (exact) mass is 400 g/mol. The molecule has 8 nitrogen and oxygen atoms in total. The van der Waals surface area contributed by atoms with E-state index < -0.39 is 36.5 Å². The average Bonchev–Trinajstić information content (AvgIpc) is 2.60. The van der Waals surface area contributed by atoms with Gasteiger partial charge in [0.15, 0.2) is 17.5 Å². The van der Waals surface area contributed by atoms with Crippen LogP contribution >= 0.6 is 0 Å². The number of hydrogen-bond donors (Lipinski definition) is 2. The Morgan fingerprint density at radius 3 is 2.32 bits per heavy atom. The van der Waals surface area contributed by atoms with Gasteiger partial charge in [-0.3, -0.25) is 14.4 Å². The third-order valence-corrected chi connectivity index (χ3v) is 3.16. The van der Waals surface area contributed by atoms with Crippen LogP contribution < -0.4 is 9.47 Å². The quantitative estimate of drug-likeness (QED) is 0.248. The number of carbonyl (C=O) groups excluding carboxylic acids is 3. The lowest BCUT2D eigenvalue weighted by Gasteiger charge is -2.12. The van der Waals surface area contributed by atoms with Crippen LogP contribution in [0.15, 0.2) is 36.9 Å². The van der Waals surface area contributed by atoms with Gasteiger partial charge in [0.2, 0.25) is 0 Å². The molecule has 2 N–H and O–H groups in total. The van der Waals surface area contributed by atoms with E-state index in [2.05, 4.69) is 20.8 Å². The summed E-state index contributed by atoms with van der Waals surface area (Å²) in [6.07, 6.45) is 2.72. The van der Waals surface area contributed by atoms with E-state index in [1.54, 1.807) is 0 Å². The fourth-order valence-corrected chi connectivity index (χ4v) is 2.03. The standard InChI is InChI=1S/C18H18F2O8/c1-3-12(21)15(16(23)26-4-2)13(22)8-6-10-5-7-11(27-17(19)24)9-14(10)28-18(20)25/h3,5-9,15,17-18,24-25H,1,4H2,2H3/b8-6+. The molecule has 0 heterocycles. The van der Waals surface area contributed by atoms with E-state index in [-0.39, 0.29) is 23.7 Å². The summed E-state index contributed by atoms with van der Waals surface area (Å²) in [5.41, 5.74) is 0.0133. The van der Waals surface area contributed by atoms with Gasteiger partial charge in [-0.15, -0.1) is 0 Å². The summed E-state index contributed by atoms with van der Waals surface area (Å²) in [6, 6.07) is 3.28. The van der Waals surface area contributed by atoms with Crippen molar-refractivity contribution in [2.24, 2.45) is 5.92 Å². The zero-order valence-electron chi connectivity index (χ0n) is 14.7. The largest absolute Gasteiger partial charge is 0.465 e. The molecule has 0 fully saturated rings. The Balaban J connectivity index is 3.16. The topological polar surface area (TPSA) is 119 Å². The van der Waals surface area contributed by atoms with Gasteiger partial charge in [0.05, 0.1) is 6.61 Å². The molecule has 3 atom stereocenters. The highest BCUT2D eigenvalue weighted by Crippen LogP contribution is 2.28. The predicted molar refractivity (Wildman–Crippen MR) is 91.3 cm³/mol. The van der Waals surface area contributed by atoms with Gasteiger partial charge in [-0.05, 0) is 37.3 Å². The number of benzene rings is 1. The van der Waals surface area contributed by atoms with Crippen LogP contribution in [0.5, 0.6) is 11.5 Å². The van der Waals surface area contributed by atoms with Crippen LogP contribution in [-0.2, 0) is 19.1 Å². The molecule has 0 amide bonds. The SMILES string of the molecule is C=CC(=O)C(C(=O)/C=C/c1ccc(OC(O)F)cc1OC(O)F)C(=O)OCC. The fourth-order valence-electron chi connectivity index (χ4n) is 2.03. The van der Waals surface area contributed by atoms with E-state index in [0.29, 0.717) is 0 Å². The first kappa shape index (κ1) is 22.9. The van der Waals surface area contributed by atoms with E-state index in [0.717, 1.165) is 30.4 Å². The molecule has 1 aromatic carbocycles. The lowest BCUT2D eigenvalue weighted by molar-refractivity contribution is -0.152. The zero-order chi connectivity index (χ0) is 21.3. The Labute approximate surface area is 158 Å². The number of esters is 1. The first-order chi connectivity index (χ1) is 13.2. The molecule has 28 heavy (non-hydrogen) atoms. The molecule has 1 aromatic rings. The van der Waals surface area contributed by atoms with Crippen molar-refractivity contribution in [1.29, 1.82) is 0 Å². The average molecular weight is 400 g/mol. The molecule has 0 spiro atoms. The summed E-state index contributed by atoms with van der Waals surface area (Å²) < 4.78 is 38.8. The summed E-state index contributed by atoms with van der Waals surface area (Å²) >= 11 is 0. The van der Waals surface area contributed by atoms with Crippen LogP contribution in [0.1, 0.15) is 12.5 Å². The smallest absolute Gasteiger partial charge is 0.350 e. The summed E-state index contributed by atoms with van der Waals surface area (Å²) in [7, 11) is 0. The number of aliphatic hydroxyl groups is 2. The number of rotatable bonds is 11. The lowest BCUT2D eigenvalue weighted by atomic mass is 9.98. The fraction of sp³-hybridized carbons (Fsp3) is 0.278. The number of alkyl halides is 2. The Morgan fingerprint density at radius 2 is 1.79 bits per heavy atom. The third-order valence-electron chi connectivity index (χ3n) is 3.16. The van der Waals surface area contributed by atoms with E-state index in [1.807, 2.05) is 0 Å². The Hall–Kier alpha value is -3.11. The van der Waals surface area contributed by atoms with E-state index >= 15 is 0 Å². The predicted octanol–water partition coefficient (Wildman–Crippen LogP) is 1.45. The normalized spacial score (nSPS) is 14.0. The van der Waals surface area contributed by atoms with Gasteiger partial charge in [0.1, 0.15) is 11.5 Å². The minimum atomic E-state index is -2.75. The van der Waals surface area contributed by atoms with E-state index in [1.165, 1.54) is 13.0 Å². The number of allylic oxidation sites excluding steroid dienone is 2. The molecule has 0 aromatic heterocycles.